The van der Waals surface area contributed by atoms with Crippen molar-refractivity contribution >= 4 is 68.9 Å². The number of likely N-dealkylation sites (N-methyl/N-ethyl adjacent to an activating group) is 1. The molecule has 7 atom stereocenters. The molecule has 86 heavy (non-hydrogen) atoms. The van der Waals surface area contributed by atoms with Gasteiger partial charge < -0.3 is 33.6 Å². The van der Waals surface area contributed by atoms with Crippen molar-refractivity contribution in [3.63, 3.8) is 0 Å². The minimum absolute atomic E-state index is 0.0255. The second-order valence-electron chi connectivity index (χ2n) is 25.1. The van der Waals surface area contributed by atoms with Crippen LogP contribution in [0.4, 0.5) is 0 Å². The highest BCUT2D eigenvalue weighted by atomic mass is 32.2. The average molecular weight is 1270 g/mol. The lowest BCUT2D eigenvalue weighted by Gasteiger charge is -2.39. The zero-order valence-electron chi connectivity index (χ0n) is 53.9. The molecule has 0 bridgehead atoms. The number of nitrogens with one attached hydrogen (secondary N) is 1. The van der Waals surface area contributed by atoms with Crippen LogP contribution in [0, 0.1) is 23.7 Å². The molecule has 0 spiro atoms. The predicted molar refractivity (Wildman–Crippen MR) is 347 cm³/mol. The molecule has 0 radical (unpaired) electrons. The van der Waals surface area contributed by atoms with Gasteiger partial charge in [0, 0.05) is 102 Å². The standard InChI is InChI=1S/C63H103N9O10S2Si2/c1-13-19-52(73)26-29-72(62(78)54(46(5)14-2)39-59(76)56-20-15-17-28-71(56)8)57(45(3)4)37-48(7)61-69-55(43-83-61)60(77)68-51(38-49-22-24-53(74)25-23-49)36-47(6)58(75)21-16-18-35-85(9,10)82-86(11,12)44-84-63-65-40-50(41-66-63)42-81-34-33-80-32-31-79-30-27-67-70-64/h22-25,40-41,43,45-48,51,54,56-57,74H,13-21,26-39,42,44H2,1-12H3,(H,68,77)/t46?,47-,48+,51+,54-,56+,57+/m1/s1. The van der Waals surface area contributed by atoms with Gasteiger partial charge in [-0.1, -0.05) is 96.7 Å². The Kier molecular flexibility index (Phi) is 33.5. The number of aromatic nitrogens is 3. The van der Waals surface area contributed by atoms with Crippen molar-refractivity contribution in [1.82, 2.24) is 30.1 Å². The van der Waals surface area contributed by atoms with E-state index in [2.05, 4.69) is 91.0 Å². The first kappa shape index (κ1) is 74.0. The molecule has 1 aliphatic heterocycles. The van der Waals surface area contributed by atoms with E-state index < -0.39 is 28.6 Å². The number of carbonyl (C=O) groups excluding carboxylic acids is 5. The van der Waals surface area contributed by atoms with E-state index in [1.807, 2.05) is 37.9 Å². The van der Waals surface area contributed by atoms with Crippen molar-refractivity contribution < 1.29 is 47.4 Å². The summed E-state index contributed by atoms with van der Waals surface area (Å²) >= 11 is 3.02. The summed E-state index contributed by atoms with van der Waals surface area (Å²) in [5, 5.41) is 20.7. The Labute approximate surface area is 523 Å². The van der Waals surface area contributed by atoms with Gasteiger partial charge in [0.1, 0.15) is 23.0 Å². The quantitative estimate of drug-likeness (QED) is 0.0102. The molecule has 1 aliphatic rings. The second-order valence-corrected chi connectivity index (χ2v) is 36.2. The van der Waals surface area contributed by atoms with Crippen LogP contribution in [0.2, 0.25) is 32.2 Å². The summed E-state index contributed by atoms with van der Waals surface area (Å²) in [6, 6.07) is 7.03. The lowest BCUT2D eigenvalue weighted by atomic mass is 9.82. The summed E-state index contributed by atoms with van der Waals surface area (Å²) in [5.74, 6) is -0.796. The van der Waals surface area contributed by atoms with Gasteiger partial charge in [0.05, 0.1) is 50.7 Å². The number of ketones is 3. The molecule has 480 valence electrons. The van der Waals surface area contributed by atoms with Crippen LogP contribution in [0.3, 0.4) is 0 Å². The Hall–Kier alpha value is -4.43. The van der Waals surface area contributed by atoms with Gasteiger partial charge >= 0.3 is 0 Å². The molecular formula is C63H103N9O10S2Si2. The van der Waals surface area contributed by atoms with Gasteiger partial charge in [-0.15, -0.1) is 11.3 Å². The maximum Gasteiger partial charge on any atom is 0.270 e. The highest BCUT2D eigenvalue weighted by Crippen LogP contribution is 2.34. The SMILES string of the molecule is CCCC(=O)CCN(C(=O)[C@H](CC(=O)[C@@H]1CCCCN1C)C(C)CC)[C@@H](C[C@H](C)c1nc(C(=O)N[C@H](Cc2ccc(O)cc2)C[C@@H](C)C(=O)CCCC[Si](C)(C)O[Si](C)(C)CSc2ncc(COCCOCCOCCN=[N+]=[N-])cn2)cs1)C(C)C. The van der Waals surface area contributed by atoms with Crippen LogP contribution in [0.15, 0.2) is 52.3 Å². The van der Waals surface area contributed by atoms with E-state index in [0.717, 1.165) is 79.0 Å². The summed E-state index contributed by atoms with van der Waals surface area (Å²) < 4.78 is 23.5. The number of phenols is 1. The summed E-state index contributed by atoms with van der Waals surface area (Å²) in [5.41, 5.74) is 10.4. The molecule has 1 unspecified atom stereocenters. The summed E-state index contributed by atoms with van der Waals surface area (Å²) in [6.07, 6.45) is 12.3. The molecule has 2 N–H and O–H groups in total. The van der Waals surface area contributed by atoms with E-state index in [9.17, 15) is 24.3 Å². The number of amides is 2. The summed E-state index contributed by atoms with van der Waals surface area (Å²) in [7, 11) is -2.16. The van der Waals surface area contributed by atoms with E-state index in [1.54, 1.807) is 41.7 Å². The first-order chi connectivity index (χ1) is 41.0. The summed E-state index contributed by atoms with van der Waals surface area (Å²) in [6.45, 7) is 27.2. The summed E-state index contributed by atoms with van der Waals surface area (Å²) in [4.78, 5) is 90.8. The molecule has 23 heteroatoms. The maximum atomic E-state index is 15.0. The van der Waals surface area contributed by atoms with Crippen molar-refractivity contribution in [3.05, 3.63) is 74.3 Å². The number of nitrogens with zero attached hydrogens (tertiary/aromatic N) is 8. The smallest absolute Gasteiger partial charge is 0.270 e. The number of carbonyl (C=O) groups is 5. The van der Waals surface area contributed by atoms with Crippen LogP contribution in [0.1, 0.15) is 164 Å². The molecule has 3 heterocycles. The highest BCUT2D eigenvalue weighted by molar-refractivity contribution is 8.00. The van der Waals surface area contributed by atoms with E-state index in [4.69, 9.17) is 28.8 Å². The Morgan fingerprint density at radius 3 is 2.23 bits per heavy atom. The number of ether oxygens (including phenoxy) is 3. The molecule has 0 saturated carbocycles. The van der Waals surface area contributed by atoms with Crippen molar-refractivity contribution in [2.24, 2.45) is 28.8 Å². The van der Waals surface area contributed by atoms with Crippen LogP contribution < -0.4 is 5.32 Å². The average Bonchev–Trinajstić information content (AvgIpc) is 3.61. The fraction of sp³-hybridized carbons (Fsp3) is 0.714. The number of unbranched alkanes of at least 4 members (excludes halogenated alkanes) is 1. The number of thiazole rings is 1. The monoisotopic (exact) mass is 1270 g/mol. The van der Waals surface area contributed by atoms with Gasteiger partial charge in [-0.2, -0.15) is 0 Å². The number of azide groups is 1. The molecule has 3 aromatic rings. The molecule has 0 aliphatic carbocycles. The zero-order valence-corrected chi connectivity index (χ0v) is 57.5. The van der Waals surface area contributed by atoms with Gasteiger partial charge in [-0.3, -0.25) is 28.9 Å². The lowest BCUT2D eigenvalue weighted by molar-refractivity contribution is -0.144. The van der Waals surface area contributed by atoms with E-state index in [1.165, 1.54) is 11.3 Å². The van der Waals surface area contributed by atoms with Crippen molar-refractivity contribution in [2.45, 2.75) is 206 Å². The minimum Gasteiger partial charge on any atom is -0.508 e. The number of Topliss-reactive ketones (excluding diaryl/α,β-unsaturated/α-hetero) is 3. The zero-order chi connectivity index (χ0) is 63.2. The normalized spacial score (nSPS) is 16.2. The van der Waals surface area contributed by atoms with Gasteiger partial charge in [0.15, 0.2) is 27.6 Å². The Morgan fingerprint density at radius 1 is 0.895 bits per heavy atom. The molecule has 19 nitrogen and oxygen atoms in total. The van der Waals surface area contributed by atoms with Crippen molar-refractivity contribution in [1.29, 1.82) is 0 Å². The Bertz CT molecular complexity index is 2570. The molecule has 1 fully saturated rings. The van der Waals surface area contributed by atoms with Crippen LogP contribution in [0.5, 0.6) is 5.75 Å². The first-order valence-corrected chi connectivity index (χ1v) is 39.6. The van der Waals surface area contributed by atoms with Gasteiger partial charge in [0.2, 0.25) is 5.91 Å². The number of hydrogen-bond acceptors (Lipinski definition) is 17. The van der Waals surface area contributed by atoms with Gasteiger partial charge in [-0.05, 0) is 126 Å². The number of aromatic hydroxyl groups is 1. The molecule has 4 rings (SSSR count). The molecular weight excluding hydrogens is 1160 g/mol. The topological polar surface area (TPSA) is 248 Å². The number of phenolic OH excluding ortho intramolecular Hbond substituents is 1. The lowest BCUT2D eigenvalue weighted by Crippen LogP contribution is -2.50. The maximum absolute atomic E-state index is 15.0. The number of thioether (sulfide) groups is 1. The van der Waals surface area contributed by atoms with Crippen LogP contribution in [-0.4, -0.2) is 159 Å². The molecule has 1 saturated heterocycles. The van der Waals surface area contributed by atoms with Gasteiger partial charge in [-0.25, -0.2) is 15.0 Å². The Morgan fingerprint density at radius 2 is 1.58 bits per heavy atom. The van der Waals surface area contributed by atoms with Gasteiger partial charge in [0.25, 0.3) is 5.91 Å². The van der Waals surface area contributed by atoms with Crippen LogP contribution in [0.25, 0.3) is 10.4 Å². The number of piperidine rings is 1. The fourth-order valence-electron chi connectivity index (χ4n) is 11.2. The van der Waals surface area contributed by atoms with Crippen LogP contribution >= 0.6 is 23.1 Å². The first-order valence-electron chi connectivity index (χ1n) is 31.5. The minimum atomic E-state index is -2.10. The third-order valence-electron chi connectivity index (χ3n) is 16.2. The molecule has 1 aromatic carbocycles. The van der Waals surface area contributed by atoms with Crippen molar-refractivity contribution in [2.75, 3.05) is 65.1 Å². The third kappa shape index (κ3) is 27.1. The molecule has 2 amide bonds. The third-order valence-corrected chi connectivity index (χ3v) is 27.1. The largest absolute Gasteiger partial charge is 0.508 e. The van der Waals surface area contributed by atoms with Crippen LogP contribution in [-0.2, 0) is 50.5 Å². The van der Waals surface area contributed by atoms with E-state index in [0.29, 0.717) is 83.4 Å². The number of benzene rings is 1. The number of rotatable bonds is 44. The fourth-order valence-corrected chi connectivity index (χ4v) is 22.4. The van der Waals surface area contributed by atoms with E-state index >= 15 is 4.79 Å². The Balaban J connectivity index is 1.32. The van der Waals surface area contributed by atoms with E-state index in [-0.39, 0.29) is 95.7 Å². The second kappa shape index (κ2) is 38.9. The van der Waals surface area contributed by atoms with Crippen molar-refractivity contribution in [3.8, 4) is 5.75 Å². The molecule has 2 aromatic heterocycles. The number of hydrogen-bond donors (Lipinski definition) is 2. The predicted octanol–water partition coefficient (Wildman–Crippen LogP) is 12.6. The highest BCUT2D eigenvalue weighted by Gasteiger charge is 2.39. The number of likely N-dealkylation sites (tertiary alicyclic amines) is 1.